The van der Waals surface area contributed by atoms with Crippen LogP contribution in [-0.4, -0.2) is 0 Å². The number of hydrogen-bond donors (Lipinski definition) is 0. The first-order valence-corrected chi connectivity index (χ1v) is 21.5. The molecule has 1 spiro atoms. The SMILES string of the molecule is CC(C)(C)C1CC(C2CC(C(C)(C)C)C2)C1.CC(C)(C)C1CC2(C1)CC(C(C)(C)C)C2.CC(C)(C)C1CC2CC(C1)CC(C(C)(C)C)C2. The van der Waals surface area contributed by atoms with Crippen molar-refractivity contribution in [3.63, 3.8) is 0 Å². The highest BCUT2D eigenvalue weighted by Crippen LogP contribution is 2.67. The lowest BCUT2D eigenvalue weighted by Crippen LogP contribution is -2.53. The summed E-state index contributed by atoms with van der Waals surface area (Å²) in [7, 11) is 0. The van der Waals surface area contributed by atoms with Crippen molar-refractivity contribution in [1.82, 2.24) is 0 Å². The van der Waals surface area contributed by atoms with Gasteiger partial charge >= 0.3 is 0 Å². The largest absolute Gasteiger partial charge is 0.0599 e. The Balaban J connectivity index is 0.000000163. The van der Waals surface area contributed by atoms with E-state index in [4.69, 9.17) is 0 Å². The van der Waals surface area contributed by atoms with Crippen molar-refractivity contribution in [3.8, 4) is 0 Å². The highest BCUT2D eigenvalue weighted by Gasteiger charge is 2.57. The molecule has 0 saturated heterocycles. The maximum Gasteiger partial charge on any atom is -0.0286 e. The molecule has 0 aromatic rings. The lowest BCUT2D eigenvalue weighted by molar-refractivity contribution is -0.129. The predicted octanol–water partition coefficient (Wildman–Crippen LogP) is 15.5. The van der Waals surface area contributed by atoms with Crippen molar-refractivity contribution in [3.05, 3.63) is 0 Å². The van der Waals surface area contributed by atoms with Crippen molar-refractivity contribution in [2.45, 2.75) is 208 Å². The molecule has 0 nitrogen and oxygen atoms in total. The quantitative estimate of drug-likeness (QED) is 0.261. The summed E-state index contributed by atoms with van der Waals surface area (Å²) in [4.78, 5) is 0. The van der Waals surface area contributed by atoms with Gasteiger partial charge in [0.05, 0.1) is 0 Å². The molecule has 48 heavy (non-hydrogen) atoms. The lowest BCUT2D eigenvalue weighted by atomic mass is 9.42. The molecule has 0 atom stereocenters. The zero-order chi connectivity index (χ0) is 36.5. The van der Waals surface area contributed by atoms with E-state index in [0.717, 1.165) is 64.6 Å². The average Bonchev–Trinajstić information content (AvgIpc) is 2.73. The first-order valence-electron chi connectivity index (χ1n) is 21.5. The summed E-state index contributed by atoms with van der Waals surface area (Å²) >= 11 is 0. The third-order valence-corrected chi connectivity index (χ3v) is 16.2. The Morgan fingerprint density at radius 2 is 0.479 bits per heavy atom. The van der Waals surface area contributed by atoms with E-state index in [0.29, 0.717) is 32.5 Å². The molecule has 282 valence electrons. The van der Waals surface area contributed by atoms with E-state index in [1.807, 2.05) is 0 Å². The van der Waals surface area contributed by atoms with Gasteiger partial charge in [-0.15, -0.1) is 0 Å². The molecule has 6 aliphatic rings. The summed E-state index contributed by atoms with van der Waals surface area (Å²) in [5, 5.41) is 0. The van der Waals surface area contributed by atoms with Crippen molar-refractivity contribution >= 4 is 0 Å². The molecule has 0 amide bonds. The standard InChI is InChI=1S/C17H32.C16H30.C15H28/c1-16(2,3)14-8-12-7-13(9-14)11-15(10-12)17(4,5)6;1-15(2,3)13-7-11(8-13)12-9-14(10-12)16(4,5)6;1-13(2,3)11-7-15(8-11)9-12(10-15)14(4,5)6/h12-15H,7-11H2,1-6H3;11-14H,7-10H2,1-6H3;11-12H,7-10H2,1-6H3. The molecule has 0 unspecified atom stereocenters. The van der Waals surface area contributed by atoms with Crippen molar-refractivity contribution < 1.29 is 0 Å². The normalized spacial score (nSPS) is 40.1. The fourth-order valence-corrected chi connectivity index (χ4v) is 11.3. The summed E-state index contributed by atoms with van der Waals surface area (Å²) in [6.07, 6.45) is 19.7. The van der Waals surface area contributed by atoms with E-state index < -0.39 is 0 Å². The van der Waals surface area contributed by atoms with Crippen LogP contribution in [0.1, 0.15) is 208 Å². The van der Waals surface area contributed by atoms with Gasteiger partial charge in [0.25, 0.3) is 0 Å². The van der Waals surface area contributed by atoms with Crippen LogP contribution in [0.3, 0.4) is 0 Å². The average molecular weight is 667 g/mol. The first-order chi connectivity index (χ1) is 21.5. The summed E-state index contributed by atoms with van der Waals surface area (Å²) in [6.45, 7) is 43.6. The smallest absolute Gasteiger partial charge is 0.0286 e. The van der Waals surface area contributed by atoms with Crippen molar-refractivity contribution in [2.24, 2.45) is 97.1 Å². The third-order valence-electron chi connectivity index (χ3n) is 16.2. The van der Waals surface area contributed by atoms with E-state index >= 15 is 0 Å². The molecule has 0 aliphatic heterocycles. The van der Waals surface area contributed by atoms with Crippen LogP contribution >= 0.6 is 0 Å². The summed E-state index contributed by atoms with van der Waals surface area (Å²) in [6, 6.07) is 0. The van der Waals surface area contributed by atoms with Gasteiger partial charge in [-0.05, 0) is 181 Å². The number of rotatable bonds is 1. The van der Waals surface area contributed by atoms with Gasteiger partial charge in [-0.25, -0.2) is 0 Å². The predicted molar refractivity (Wildman–Crippen MR) is 214 cm³/mol. The minimum atomic E-state index is 0.533. The Hall–Kier alpha value is 0. The highest BCUT2D eigenvalue weighted by atomic mass is 14.6. The van der Waals surface area contributed by atoms with Crippen LogP contribution in [-0.2, 0) is 0 Å². The van der Waals surface area contributed by atoms with Gasteiger partial charge in [0.15, 0.2) is 0 Å². The van der Waals surface area contributed by atoms with Crippen LogP contribution in [0.4, 0.5) is 0 Å². The van der Waals surface area contributed by atoms with E-state index in [9.17, 15) is 0 Å². The van der Waals surface area contributed by atoms with E-state index in [1.165, 1.54) is 77.0 Å². The van der Waals surface area contributed by atoms with Crippen molar-refractivity contribution in [1.29, 1.82) is 0 Å². The van der Waals surface area contributed by atoms with Gasteiger partial charge in [-0.3, -0.25) is 0 Å². The second-order valence-corrected chi connectivity index (χ2v) is 26.1. The summed E-state index contributed by atoms with van der Waals surface area (Å²) < 4.78 is 0. The molecule has 6 aliphatic carbocycles. The minimum Gasteiger partial charge on any atom is -0.0599 e. The van der Waals surface area contributed by atoms with Gasteiger partial charge in [0, 0.05) is 0 Å². The number of hydrogen-bond acceptors (Lipinski definition) is 0. The minimum absolute atomic E-state index is 0.533. The van der Waals surface area contributed by atoms with Gasteiger partial charge in [-0.1, -0.05) is 125 Å². The van der Waals surface area contributed by atoms with Crippen LogP contribution < -0.4 is 0 Å². The maximum absolute atomic E-state index is 2.44. The molecule has 0 aromatic heterocycles. The second-order valence-electron chi connectivity index (χ2n) is 26.1. The van der Waals surface area contributed by atoms with Gasteiger partial charge in [0.1, 0.15) is 0 Å². The van der Waals surface area contributed by atoms with Gasteiger partial charge in [-0.2, -0.15) is 0 Å². The fraction of sp³-hybridized carbons (Fsp3) is 1.00. The van der Waals surface area contributed by atoms with Crippen LogP contribution in [0.15, 0.2) is 0 Å². The van der Waals surface area contributed by atoms with E-state index in [2.05, 4.69) is 125 Å². The molecule has 6 saturated carbocycles. The monoisotopic (exact) mass is 667 g/mol. The van der Waals surface area contributed by atoms with E-state index in [-0.39, 0.29) is 0 Å². The molecule has 0 aromatic carbocycles. The summed E-state index contributed by atoms with van der Waals surface area (Å²) in [5.41, 5.74) is 4.09. The molecule has 0 heterocycles. The zero-order valence-corrected chi connectivity index (χ0v) is 36.5. The van der Waals surface area contributed by atoms with E-state index in [1.54, 1.807) is 6.42 Å². The molecular weight excluding hydrogens is 577 g/mol. The molecule has 0 N–H and O–H groups in total. The molecule has 0 radical (unpaired) electrons. The lowest BCUT2D eigenvalue weighted by Gasteiger charge is -2.63. The zero-order valence-electron chi connectivity index (χ0n) is 36.5. The van der Waals surface area contributed by atoms with Crippen LogP contribution in [0.2, 0.25) is 0 Å². The van der Waals surface area contributed by atoms with Gasteiger partial charge < -0.3 is 0 Å². The second kappa shape index (κ2) is 13.8. The summed E-state index contributed by atoms with van der Waals surface area (Å²) in [5.74, 6) is 10.2. The Bertz CT molecular complexity index is 907. The molecule has 2 bridgehead atoms. The highest BCUT2D eigenvalue weighted by molar-refractivity contribution is 5.07. The van der Waals surface area contributed by atoms with Gasteiger partial charge in [0.2, 0.25) is 0 Å². The maximum atomic E-state index is 2.44. The topological polar surface area (TPSA) is 0 Å². The molecule has 6 fully saturated rings. The fourth-order valence-electron chi connectivity index (χ4n) is 11.3. The van der Waals surface area contributed by atoms with Crippen LogP contribution in [0.5, 0.6) is 0 Å². The Morgan fingerprint density at radius 3 is 0.688 bits per heavy atom. The first kappa shape index (κ1) is 40.8. The Morgan fingerprint density at radius 1 is 0.271 bits per heavy atom. The Labute approximate surface area is 304 Å². The third kappa shape index (κ3) is 10.1. The molecule has 0 heteroatoms. The molecule has 6 rings (SSSR count). The Kier molecular flexibility index (Phi) is 11.7. The van der Waals surface area contributed by atoms with Crippen molar-refractivity contribution in [2.75, 3.05) is 0 Å². The van der Waals surface area contributed by atoms with Crippen LogP contribution in [0, 0.1) is 97.1 Å². The van der Waals surface area contributed by atoms with Crippen LogP contribution in [0.25, 0.3) is 0 Å². The molecular formula is C48H90. The number of fused-ring (bicyclic) bond motifs is 2.